The molecule has 0 bridgehead atoms. The maximum absolute atomic E-state index is 9.09. The number of thiol groups is 1. The minimum atomic E-state index is -0.639. The van der Waals surface area contributed by atoms with Crippen LogP contribution in [0.1, 0.15) is 20.3 Å². The lowest BCUT2D eigenvalue weighted by atomic mass is 10.5. The first-order valence-corrected chi connectivity index (χ1v) is 5.86. The van der Waals surface area contributed by atoms with Crippen molar-refractivity contribution in [3.05, 3.63) is 0 Å². The first kappa shape index (κ1) is 17.9. The van der Waals surface area contributed by atoms with E-state index >= 15 is 0 Å². The molecule has 0 aliphatic carbocycles. The summed E-state index contributed by atoms with van der Waals surface area (Å²) < 4.78 is 5.22. The van der Waals surface area contributed by atoms with Gasteiger partial charge >= 0.3 is 0 Å². The summed E-state index contributed by atoms with van der Waals surface area (Å²) in [7, 11) is 0. The Morgan fingerprint density at radius 1 is 1.50 bits per heavy atom. The fourth-order valence-corrected chi connectivity index (χ4v) is 1.14. The second kappa shape index (κ2) is 12.5. The summed E-state index contributed by atoms with van der Waals surface area (Å²) in [5.41, 5.74) is 4.34. The first-order chi connectivity index (χ1) is 7.49. The summed E-state index contributed by atoms with van der Waals surface area (Å²) >= 11 is 8.11. The van der Waals surface area contributed by atoms with Crippen LogP contribution in [0.15, 0.2) is 0 Å². The minimum absolute atomic E-state index is 0.154. The fraction of sp³-hybridized carbons (Fsp3) is 0.778. The molecule has 0 heterocycles. The Balaban J connectivity index is 0. The number of aliphatic hydroxyl groups is 1. The van der Waals surface area contributed by atoms with Crippen molar-refractivity contribution in [2.24, 2.45) is 5.73 Å². The Bertz CT molecular complexity index is 195. The molecule has 0 unspecified atom stereocenters. The molecule has 0 saturated carbocycles. The highest BCUT2D eigenvalue weighted by molar-refractivity contribution is 7.96. The predicted octanol–water partition coefficient (Wildman–Crippen LogP) is 1.01. The van der Waals surface area contributed by atoms with Gasteiger partial charge in [0, 0.05) is 26.1 Å². The number of nitrogens with two attached hydrogens (primary N) is 1. The Hall–Kier alpha value is -0.530. The molecule has 0 aromatic rings. The van der Waals surface area contributed by atoms with E-state index < -0.39 is 5.24 Å². The monoisotopic (exact) mass is 268 g/mol. The number of hydrogen-bond donors (Lipinski definition) is 3. The average Bonchev–Trinajstić information content (AvgIpc) is 2.19. The molecule has 0 fully saturated rings. The second-order valence-corrected chi connectivity index (χ2v) is 3.49. The maximum atomic E-state index is 9.09. The van der Waals surface area contributed by atoms with E-state index in [4.69, 9.17) is 26.9 Å². The van der Waals surface area contributed by atoms with Gasteiger partial charge in [0.1, 0.15) is 0 Å². The van der Waals surface area contributed by atoms with Gasteiger partial charge in [-0.05, 0) is 26.1 Å². The summed E-state index contributed by atoms with van der Waals surface area (Å²) in [5.74, 6) is 0. The number of carbonyl (C=O) groups excluding carboxylic acids is 1. The Morgan fingerprint density at radius 3 is 2.25 bits per heavy atom. The fourth-order valence-electron chi connectivity index (χ4n) is 0.797. The number of ether oxygens (including phenoxy) is 1. The van der Waals surface area contributed by atoms with Gasteiger partial charge in [-0.15, -0.1) is 0 Å². The van der Waals surface area contributed by atoms with Gasteiger partial charge in [-0.2, -0.15) is 0 Å². The van der Waals surface area contributed by atoms with Crippen molar-refractivity contribution in [3.8, 4) is 0 Å². The molecule has 0 rings (SSSR count). The molecule has 96 valence electrons. The van der Waals surface area contributed by atoms with Gasteiger partial charge in [-0.3, -0.25) is 4.79 Å². The van der Waals surface area contributed by atoms with Crippen LogP contribution in [-0.2, 0) is 4.74 Å². The van der Waals surface area contributed by atoms with Gasteiger partial charge in [0.25, 0.3) is 10.4 Å². The molecule has 0 aliphatic rings. The summed E-state index contributed by atoms with van der Waals surface area (Å²) in [6, 6.07) is 0. The number of primary amides is 1. The predicted molar refractivity (Wildman–Crippen MR) is 71.7 cm³/mol. The van der Waals surface area contributed by atoms with Crippen LogP contribution in [0, 0.1) is 0 Å². The smallest absolute Gasteiger partial charge is 0.273 e. The third-order valence-corrected chi connectivity index (χ3v) is 1.93. The lowest BCUT2D eigenvalue weighted by molar-refractivity contribution is 0.205. The van der Waals surface area contributed by atoms with E-state index in [2.05, 4.69) is 18.4 Å². The van der Waals surface area contributed by atoms with Crippen molar-refractivity contribution in [2.45, 2.75) is 20.3 Å². The molecule has 1 amide bonds. The van der Waals surface area contributed by atoms with E-state index in [1.807, 2.05) is 18.7 Å². The zero-order valence-electron chi connectivity index (χ0n) is 9.68. The van der Waals surface area contributed by atoms with E-state index in [9.17, 15) is 0 Å². The zero-order valence-corrected chi connectivity index (χ0v) is 11.4. The van der Waals surface area contributed by atoms with Crippen LogP contribution < -0.4 is 5.73 Å². The van der Waals surface area contributed by atoms with Crippen molar-refractivity contribution in [2.75, 3.05) is 26.3 Å². The number of nitrogens with zero attached hydrogens (tertiary/aromatic N) is 1. The number of amides is 1. The molecule has 0 radical (unpaired) electrons. The van der Waals surface area contributed by atoms with Crippen LogP contribution in [-0.4, -0.2) is 46.7 Å². The first-order valence-electron chi connectivity index (χ1n) is 5.00. The SMILES string of the molecule is CCN(CC)C(=S)OCCCO.NC(=O)S. The number of rotatable bonds is 5. The Labute approximate surface area is 107 Å². The van der Waals surface area contributed by atoms with E-state index in [-0.39, 0.29) is 6.61 Å². The Morgan fingerprint density at radius 2 is 1.94 bits per heavy atom. The highest BCUT2D eigenvalue weighted by Crippen LogP contribution is 1.94. The van der Waals surface area contributed by atoms with Gasteiger partial charge in [-0.25, -0.2) is 0 Å². The highest BCUT2D eigenvalue weighted by atomic mass is 32.1. The van der Waals surface area contributed by atoms with Crippen molar-refractivity contribution >= 4 is 35.3 Å². The molecule has 0 saturated heterocycles. The zero-order chi connectivity index (χ0) is 13.0. The molecular formula is C9H20N2O3S2. The summed E-state index contributed by atoms with van der Waals surface area (Å²) in [6.45, 7) is 6.46. The minimum Gasteiger partial charge on any atom is -0.471 e. The lowest BCUT2D eigenvalue weighted by Gasteiger charge is -2.20. The van der Waals surface area contributed by atoms with Gasteiger partial charge in [0.15, 0.2) is 0 Å². The summed E-state index contributed by atoms with van der Waals surface area (Å²) in [5, 5.41) is 8.39. The molecule has 0 aromatic heterocycles. The number of thiocarbonyl (C=S) groups is 1. The molecule has 0 atom stereocenters. The van der Waals surface area contributed by atoms with E-state index in [0.717, 1.165) is 13.1 Å². The Kier molecular flexibility index (Phi) is 14.0. The normalized spacial score (nSPS) is 8.75. The van der Waals surface area contributed by atoms with E-state index in [1.54, 1.807) is 0 Å². The van der Waals surface area contributed by atoms with Crippen LogP contribution in [0.4, 0.5) is 4.79 Å². The standard InChI is InChI=1S/C8H17NO2S.CH3NOS/c1-3-9(4-2)8(12)11-7-5-6-10;2-1(3)4/h10H,3-7H2,1-2H3;(H3,2,3,4). The van der Waals surface area contributed by atoms with Gasteiger partial charge in [0.2, 0.25) is 0 Å². The second-order valence-electron chi connectivity index (χ2n) is 2.70. The third kappa shape index (κ3) is 13.5. The van der Waals surface area contributed by atoms with Crippen LogP contribution in [0.5, 0.6) is 0 Å². The molecular weight excluding hydrogens is 248 g/mol. The van der Waals surface area contributed by atoms with Crippen LogP contribution in [0.25, 0.3) is 0 Å². The largest absolute Gasteiger partial charge is 0.471 e. The van der Waals surface area contributed by atoms with E-state index in [1.165, 1.54) is 0 Å². The van der Waals surface area contributed by atoms with Gasteiger partial charge < -0.3 is 20.5 Å². The van der Waals surface area contributed by atoms with Crippen molar-refractivity contribution < 1.29 is 14.6 Å². The average molecular weight is 268 g/mol. The van der Waals surface area contributed by atoms with Crippen molar-refractivity contribution in [3.63, 3.8) is 0 Å². The molecule has 0 spiro atoms. The molecule has 0 aromatic carbocycles. The van der Waals surface area contributed by atoms with Gasteiger partial charge in [-0.1, -0.05) is 12.6 Å². The van der Waals surface area contributed by atoms with Crippen molar-refractivity contribution in [1.82, 2.24) is 4.90 Å². The number of carbonyl (C=O) groups is 1. The van der Waals surface area contributed by atoms with Crippen LogP contribution >= 0.6 is 24.8 Å². The van der Waals surface area contributed by atoms with Gasteiger partial charge in [0.05, 0.1) is 6.61 Å². The lowest BCUT2D eigenvalue weighted by Crippen LogP contribution is -2.31. The molecule has 3 N–H and O–H groups in total. The molecule has 5 nitrogen and oxygen atoms in total. The summed E-state index contributed by atoms with van der Waals surface area (Å²) in [4.78, 5) is 11.1. The number of aliphatic hydroxyl groups excluding tert-OH is 1. The molecule has 0 aliphatic heterocycles. The number of hydrogen-bond acceptors (Lipinski definition) is 4. The van der Waals surface area contributed by atoms with Crippen LogP contribution in [0.3, 0.4) is 0 Å². The van der Waals surface area contributed by atoms with Crippen LogP contribution in [0.2, 0.25) is 0 Å². The molecule has 16 heavy (non-hydrogen) atoms. The molecule has 7 heteroatoms. The van der Waals surface area contributed by atoms with Crippen molar-refractivity contribution in [1.29, 1.82) is 0 Å². The summed E-state index contributed by atoms with van der Waals surface area (Å²) in [6.07, 6.45) is 0.640. The third-order valence-electron chi connectivity index (χ3n) is 1.55. The quantitative estimate of drug-likeness (QED) is 0.394. The highest BCUT2D eigenvalue weighted by Gasteiger charge is 2.04. The van der Waals surface area contributed by atoms with E-state index in [0.29, 0.717) is 18.2 Å². The maximum Gasteiger partial charge on any atom is 0.273 e. The topological polar surface area (TPSA) is 75.8 Å².